The Morgan fingerprint density at radius 1 is 1.17 bits per heavy atom. The molecule has 2 heterocycles. The van der Waals surface area contributed by atoms with E-state index in [1.54, 1.807) is 12.4 Å². The van der Waals surface area contributed by atoms with Crippen LogP contribution in [0.4, 0.5) is 0 Å². The zero-order valence-corrected chi connectivity index (χ0v) is 14.4. The third-order valence-electron chi connectivity index (χ3n) is 4.43. The first-order valence-corrected chi connectivity index (χ1v) is 8.73. The highest BCUT2D eigenvalue weighted by molar-refractivity contribution is 6.30. The van der Waals surface area contributed by atoms with Gasteiger partial charge in [-0.3, -0.25) is 9.78 Å². The molecule has 1 aromatic heterocycles. The predicted molar refractivity (Wildman–Crippen MR) is 95.8 cm³/mol. The second kappa shape index (κ2) is 8.27. The highest BCUT2D eigenvalue weighted by Gasteiger charge is 2.27. The fourth-order valence-electron chi connectivity index (χ4n) is 3.01. The van der Waals surface area contributed by atoms with E-state index in [9.17, 15) is 4.79 Å². The van der Waals surface area contributed by atoms with Gasteiger partial charge in [0.15, 0.2) is 0 Å². The van der Waals surface area contributed by atoms with Crippen molar-refractivity contribution in [2.45, 2.75) is 19.4 Å². The highest BCUT2D eigenvalue weighted by atomic mass is 35.5. The van der Waals surface area contributed by atoms with Crippen LogP contribution in [0.5, 0.6) is 0 Å². The molecule has 5 heteroatoms. The van der Waals surface area contributed by atoms with Crippen LogP contribution in [0.2, 0.25) is 5.02 Å². The van der Waals surface area contributed by atoms with Gasteiger partial charge in [0, 0.05) is 37.1 Å². The minimum atomic E-state index is 0.0945. The van der Waals surface area contributed by atoms with E-state index in [4.69, 9.17) is 11.6 Å². The second-order valence-electron chi connectivity index (χ2n) is 6.18. The molecule has 3 rings (SSSR count). The lowest BCUT2D eigenvalue weighted by molar-refractivity contribution is -0.135. The average Bonchev–Trinajstić information content (AvgIpc) is 3.15. The van der Waals surface area contributed by atoms with E-state index in [-0.39, 0.29) is 11.8 Å². The molecule has 2 aromatic rings. The lowest BCUT2D eigenvalue weighted by atomic mass is 10.1. The molecule has 0 spiro atoms. The van der Waals surface area contributed by atoms with E-state index in [0.717, 1.165) is 36.5 Å². The average molecular weight is 344 g/mol. The van der Waals surface area contributed by atoms with Crippen molar-refractivity contribution in [1.29, 1.82) is 0 Å². The number of amides is 1. The first-order chi connectivity index (χ1) is 11.7. The van der Waals surface area contributed by atoms with Crippen LogP contribution in [0.25, 0.3) is 0 Å². The molecule has 126 valence electrons. The fraction of sp³-hybridized carbons (Fsp3) is 0.368. The molecule has 1 atom stereocenters. The molecule has 0 unspecified atom stereocenters. The number of carbonyl (C=O) groups excluding carboxylic acids is 1. The molecule has 1 amide bonds. The van der Waals surface area contributed by atoms with Crippen molar-refractivity contribution in [3.63, 3.8) is 0 Å². The third kappa shape index (κ3) is 4.56. The number of nitrogens with zero attached hydrogens (tertiary/aromatic N) is 2. The van der Waals surface area contributed by atoms with E-state index in [2.05, 4.69) is 10.3 Å². The summed E-state index contributed by atoms with van der Waals surface area (Å²) in [6.07, 6.45) is 5.30. The van der Waals surface area contributed by atoms with Gasteiger partial charge in [-0.1, -0.05) is 23.7 Å². The summed E-state index contributed by atoms with van der Waals surface area (Å²) in [7, 11) is 0. The lowest BCUT2D eigenvalue weighted by Crippen LogP contribution is -2.38. The molecule has 1 aliphatic heterocycles. The summed E-state index contributed by atoms with van der Waals surface area (Å²) < 4.78 is 0. The maximum absolute atomic E-state index is 12.9. The largest absolute Gasteiger partial charge is 0.338 e. The van der Waals surface area contributed by atoms with Gasteiger partial charge in [-0.25, -0.2) is 0 Å². The number of pyridine rings is 1. The van der Waals surface area contributed by atoms with Gasteiger partial charge < -0.3 is 10.2 Å². The van der Waals surface area contributed by atoms with E-state index < -0.39 is 0 Å². The molecule has 1 aliphatic rings. The summed E-state index contributed by atoms with van der Waals surface area (Å²) in [4.78, 5) is 18.9. The van der Waals surface area contributed by atoms with Gasteiger partial charge in [0.25, 0.3) is 0 Å². The van der Waals surface area contributed by atoms with Gasteiger partial charge in [-0.05, 0) is 54.8 Å². The Balaban J connectivity index is 1.68. The van der Waals surface area contributed by atoms with Gasteiger partial charge in [-0.2, -0.15) is 0 Å². The molecular formula is C19H22ClN3O. The number of halogens is 1. The normalized spacial score (nSPS) is 17.0. The molecule has 1 saturated heterocycles. The van der Waals surface area contributed by atoms with Gasteiger partial charge in [0.1, 0.15) is 0 Å². The Bertz CT molecular complexity index is 654. The quantitative estimate of drug-likeness (QED) is 0.877. The SMILES string of the molecule is O=C([C@H]1CCNC1)N(CCc1ccc(Cl)cc1)Cc1ccncc1. The Labute approximate surface area is 147 Å². The molecule has 0 bridgehead atoms. The van der Waals surface area contributed by atoms with Crippen LogP contribution in [0.1, 0.15) is 17.5 Å². The summed E-state index contributed by atoms with van der Waals surface area (Å²) in [6, 6.07) is 11.8. The first kappa shape index (κ1) is 16.9. The summed E-state index contributed by atoms with van der Waals surface area (Å²) in [5.41, 5.74) is 2.30. The smallest absolute Gasteiger partial charge is 0.227 e. The standard InChI is InChI=1S/C19H22ClN3O/c20-18-3-1-15(2-4-18)8-12-23(14-16-5-9-21-10-6-16)19(24)17-7-11-22-13-17/h1-6,9-10,17,22H,7-8,11-14H2/t17-/m0/s1. The van der Waals surface area contributed by atoms with Crippen LogP contribution in [0.15, 0.2) is 48.8 Å². The predicted octanol–water partition coefficient (Wildman–Crippen LogP) is 2.92. The Hall–Kier alpha value is -1.91. The minimum Gasteiger partial charge on any atom is -0.338 e. The summed E-state index contributed by atoms with van der Waals surface area (Å²) >= 11 is 5.94. The van der Waals surface area contributed by atoms with Gasteiger partial charge in [0.05, 0.1) is 5.92 Å². The number of benzene rings is 1. The molecule has 4 nitrogen and oxygen atoms in total. The van der Waals surface area contributed by atoms with Crippen LogP contribution in [0.3, 0.4) is 0 Å². The summed E-state index contributed by atoms with van der Waals surface area (Å²) in [6.45, 7) is 3.05. The summed E-state index contributed by atoms with van der Waals surface area (Å²) in [5.74, 6) is 0.336. The minimum absolute atomic E-state index is 0.0945. The van der Waals surface area contributed by atoms with Crippen LogP contribution in [-0.2, 0) is 17.8 Å². The van der Waals surface area contributed by atoms with Crippen molar-refractivity contribution in [2.75, 3.05) is 19.6 Å². The van der Waals surface area contributed by atoms with Gasteiger partial charge in [-0.15, -0.1) is 0 Å². The van der Waals surface area contributed by atoms with Crippen molar-refractivity contribution in [3.05, 3.63) is 64.9 Å². The van der Waals surface area contributed by atoms with Crippen molar-refractivity contribution >= 4 is 17.5 Å². The number of carbonyl (C=O) groups is 1. The number of nitrogens with one attached hydrogen (secondary N) is 1. The maximum Gasteiger partial charge on any atom is 0.227 e. The third-order valence-corrected chi connectivity index (χ3v) is 4.68. The van der Waals surface area contributed by atoms with E-state index >= 15 is 0 Å². The molecule has 1 aromatic carbocycles. The molecular weight excluding hydrogens is 322 g/mol. The van der Waals surface area contributed by atoms with Crippen LogP contribution < -0.4 is 5.32 Å². The van der Waals surface area contributed by atoms with Crippen molar-refractivity contribution in [2.24, 2.45) is 5.92 Å². The maximum atomic E-state index is 12.9. The molecule has 0 radical (unpaired) electrons. The van der Waals surface area contributed by atoms with Crippen molar-refractivity contribution < 1.29 is 4.79 Å². The second-order valence-corrected chi connectivity index (χ2v) is 6.62. The zero-order chi connectivity index (χ0) is 16.8. The lowest BCUT2D eigenvalue weighted by Gasteiger charge is -2.25. The Kier molecular flexibility index (Phi) is 5.83. The monoisotopic (exact) mass is 343 g/mol. The molecule has 0 aliphatic carbocycles. The topological polar surface area (TPSA) is 45.2 Å². The van der Waals surface area contributed by atoms with Gasteiger partial charge >= 0.3 is 0 Å². The van der Waals surface area contributed by atoms with Crippen molar-refractivity contribution in [1.82, 2.24) is 15.2 Å². The number of rotatable bonds is 6. The van der Waals surface area contributed by atoms with Crippen molar-refractivity contribution in [3.8, 4) is 0 Å². The molecule has 1 N–H and O–H groups in total. The molecule has 0 saturated carbocycles. The zero-order valence-electron chi connectivity index (χ0n) is 13.6. The van der Waals surface area contributed by atoms with Crippen LogP contribution >= 0.6 is 11.6 Å². The number of hydrogen-bond acceptors (Lipinski definition) is 3. The first-order valence-electron chi connectivity index (χ1n) is 8.35. The number of aromatic nitrogens is 1. The van der Waals surface area contributed by atoms with E-state index in [0.29, 0.717) is 13.1 Å². The van der Waals surface area contributed by atoms with Crippen LogP contribution in [0, 0.1) is 5.92 Å². The Morgan fingerprint density at radius 2 is 1.92 bits per heavy atom. The number of hydrogen-bond donors (Lipinski definition) is 1. The molecule has 1 fully saturated rings. The highest BCUT2D eigenvalue weighted by Crippen LogP contribution is 2.16. The van der Waals surface area contributed by atoms with E-state index in [1.807, 2.05) is 41.3 Å². The Morgan fingerprint density at radius 3 is 2.58 bits per heavy atom. The fourth-order valence-corrected chi connectivity index (χ4v) is 3.14. The summed E-state index contributed by atoms with van der Waals surface area (Å²) in [5, 5.41) is 4.02. The van der Waals surface area contributed by atoms with Crippen LogP contribution in [-0.4, -0.2) is 35.4 Å². The van der Waals surface area contributed by atoms with Gasteiger partial charge in [0.2, 0.25) is 5.91 Å². The van der Waals surface area contributed by atoms with E-state index in [1.165, 1.54) is 5.56 Å². The molecule has 24 heavy (non-hydrogen) atoms.